The Morgan fingerprint density at radius 2 is 2.19 bits per heavy atom. The maximum Gasteiger partial charge on any atom is 0.240 e. The van der Waals surface area contributed by atoms with E-state index in [1.54, 1.807) is 13.8 Å². The number of hydrogen-bond donors (Lipinski definition) is 2. The number of nitrogens with two attached hydrogens (primary N) is 1. The predicted molar refractivity (Wildman–Crippen MR) is 81.9 cm³/mol. The summed E-state index contributed by atoms with van der Waals surface area (Å²) in [6, 6.07) is 6.91. The molecule has 0 saturated carbocycles. The molecule has 4 nitrogen and oxygen atoms in total. The fourth-order valence-electron chi connectivity index (χ4n) is 3.97. The Balaban J connectivity index is 2.10. The summed E-state index contributed by atoms with van der Waals surface area (Å²) in [6.45, 7) is 3.51. The van der Waals surface area contributed by atoms with Gasteiger partial charge in [-0.05, 0) is 50.8 Å². The Kier molecular flexibility index (Phi) is 3.32. The van der Waals surface area contributed by atoms with Crippen molar-refractivity contribution in [2.75, 3.05) is 0 Å². The van der Waals surface area contributed by atoms with Crippen LogP contribution in [0.25, 0.3) is 0 Å². The van der Waals surface area contributed by atoms with Crippen LogP contribution in [0.5, 0.6) is 0 Å². The Morgan fingerprint density at radius 1 is 1.48 bits per heavy atom. The summed E-state index contributed by atoms with van der Waals surface area (Å²) < 4.78 is 0. The van der Waals surface area contributed by atoms with E-state index in [1.165, 1.54) is 0 Å². The van der Waals surface area contributed by atoms with Crippen LogP contribution in [0.15, 0.2) is 24.3 Å². The topological polar surface area (TPSA) is 66.6 Å². The number of fused-ring (bicyclic) bond motifs is 1. The second kappa shape index (κ2) is 4.70. The molecule has 2 aliphatic rings. The van der Waals surface area contributed by atoms with Crippen LogP contribution in [0.4, 0.5) is 0 Å². The van der Waals surface area contributed by atoms with Crippen LogP contribution in [0, 0.1) is 0 Å². The summed E-state index contributed by atoms with van der Waals surface area (Å²) in [7, 11) is 0. The number of rotatable bonds is 2. The highest BCUT2D eigenvalue weighted by atomic mass is 35.5. The highest BCUT2D eigenvalue weighted by molar-refractivity contribution is 6.30. The number of hydrogen-bond acceptors (Lipinski definition) is 3. The molecule has 0 radical (unpaired) electrons. The van der Waals surface area contributed by atoms with Crippen molar-refractivity contribution in [3.05, 3.63) is 34.9 Å². The van der Waals surface area contributed by atoms with Crippen LogP contribution in [0.2, 0.25) is 5.02 Å². The van der Waals surface area contributed by atoms with E-state index >= 15 is 0 Å². The van der Waals surface area contributed by atoms with Crippen molar-refractivity contribution in [3.8, 4) is 0 Å². The summed E-state index contributed by atoms with van der Waals surface area (Å²) >= 11 is 6.13. The number of halogens is 1. The van der Waals surface area contributed by atoms with Gasteiger partial charge in [0.2, 0.25) is 5.91 Å². The van der Waals surface area contributed by atoms with Gasteiger partial charge in [-0.2, -0.15) is 0 Å². The molecular weight excluding hydrogens is 288 g/mol. The van der Waals surface area contributed by atoms with Gasteiger partial charge < -0.3 is 15.7 Å². The summed E-state index contributed by atoms with van der Waals surface area (Å²) in [5, 5.41) is 11.1. The SMILES string of the molecule is CC(C)(O)[C@H]1CC[C@]2(c3cccc(Cl)c3)C[C@H](N)C(=O)N12. The molecule has 0 aliphatic carbocycles. The first-order valence-corrected chi connectivity index (χ1v) is 7.71. The van der Waals surface area contributed by atoms with Crippen LogP contribution in [-0.4, -0.2) is 33.6 Å². The third kappa shape index (κ3) is 2.17. The normalized spacial score (nSPS) is 32.6. The highest BCUT2D eigenvalue weighted by Crippen LogP contribution is 2.52. The maximum absolute atomic E-state index is 12.6. The molecule has 2 fully saturated rings. The smallest absolute Gasteiger partial charge is 0.240 e. The minimum atomic E-state index is -0.944. The zero-order chi connectivity index (χ0) is 15.4. The third-order valence-corrected chi connectivity index (χ3v) is 5.13. The second-order valence-corrected chi connectivity index (χ2v) is 7.21. The number of amides is 1. The van der Waals surface area contributed by atoms with E-state index < -0.39 is 17.2 Å². The first kappa shape index (κ1) is 14.8. The predicted octanol–water partition coefficient (Wildman–Crippen LogP) is 2.03. The van der Waals surface area contributed by atoms with Crippen molar-refractivity contribution in [3.63, 3.8) is 0 Å². The molecular formula is C16H21ClN2O2. The molecule has 3 rings (SSSR count). The van der Waals surface area contributed by atoms with E-state index in [1.807, 2.05) is 29.2 Å². The molecule has 3 atom stereocenters. The van der Waals surface area contributed by atoms with E-state index in [0.29, 0.717) is 11.4 Å². The zero-order valence-electron chi connectivity index (χ0n) is 12.3. The molecule has 0 unspecified atom stereocenters. The molecule has 1 aromatic carbocycles. The Bertz CT molecular complexity index is 584. The largest absolute Gasteiger partial charge is 0.388 e. The number of benzene rings is 1. The van der Waals surface area contributed by atoms with Crippen molar-refractivity contribution in [1.29, 1.82) is 0 Å². The van der Waals surface area contributed by atoms with Gasteiger partial charge in [0.05, 0.1) is 23.2 Å². The van der Waals surface area contributed by atoms with Crippen molar-refractivity contribution in [2.45, 2.75) is 56.3 Å². The fourth-order valence-corrected chi connectivity index (χ4v) is 4.16. The molecule has 0 aromatic heterocycles. The Hall–Kier alpha value is -1.10. The van der Waals surface area contributed by atoms with Gasteiger partial charge in [0, 0.05) is 5.02 Å². The average Bonchev–Trinajstić information content (AvgIpc) is 2.87. The molecule has 0 spiro atoms. The Morgan fingerprint density at radius 3 is 2.81 bits per heavy atom. The summed E-state index contributed by atoms with van der Waals surface area (Å²) in [6.07, 6.45) is 2.16. The zero-order valence-corrected chi connectivity index (χ0v) is 13.1. The van der Waals surface area contributed by atoms with E-state index in [0.717, 1.165) is 18.4 Å². The van der Waals surface area contributed by atoms with Gasteiger partial charge in [0.1, 0.15) is 0 Å². The van der Waals surface area contributed by atoms with Crippen molar-refractivity contribution in [1.82, 2.24) is 4.90 Å². The minimum Gasteiger partial charge on any atom is -0.388 e. The minimum absolute atomic E-state index is 0.0698. The number of nitrogens with zero attached hydrogens (tertiary/aromatic N) is 1. The van der Waals surface area contributed by atoms with Gasteiger partial charge in [-0.3, -0.25) is 4.79 Å². The van der Waals surface area contributed by atoms with Crippen LogP contribution < -0.4 is 5.73 Å². The van der Waals surface area contributed by atoms with Gasteiger partial charge >= 0.3 is 0 Å². The molecule has 2 heterocycles. The molecule has 2 saturated heterocycles. The fraction of sp³-hybridized carbons (Fsp3) is 0.562. The van der Waals surface area contributed by atoms with Gasteiger partial charge in [0.25, 0.3) is 0 Å². The summed E-state index contributed by atoms with van der Waals surface area (Å²) in [4.78, 5) is 14.4. The lowest BCUT2D eigenvalue weighted by atomic mass is 9.85. The van der Waals surface area contributed by atoms with Crippen LogP contribution in [0.1, 0.15) is 38.7 Å². The van der Waals surface area contributed by atoms with Gasteiger partial charge in [0.15, 0.2) is 0 Å². The molecule has 1 aromatic rings. The summed E-state index contributed by atoms with van der Waals surface area (Å²) in [5.74, 6) is -0.0698. The first-order chi connectivity index (χ1) is 9.75. The van der Waals surface area contributed by atoms with E-state index in [-0.39, 0.29) is 11.9 Å². The van der Waals surface area contributed by atoms with Gasteiger partial charge in [-0.15, -0.1) is 0 Å². The van der Waals surface area contributed by atoms with Crippen molar-refractivity contribution >= 4 is 17.5 Å². The quantitative estimate of drug-likeness (QED) is 0.878. The molecule has 5 heteroatoms. The lowest BCUT2D eigenvalue weighted by Gasteiger charge is -2.39. The standard InChI is InChI=1S/C16H21ClN2O2/c1-15(2,21)13-6-7-16(9-12(18)14(20)19(13)16)10-4-3-5-11(17)8-10/h3-5,8,12-13,21H,6-7,9,18H2,1-2H3/t12-,13+,16+/m0/s1. The van der Waals surface area contributed by atoms with Gasteiger partial charge in [-0.25, -0.2) is 0 Å². The lowest BCUT2D eigenvalue weighted by Crippen LogP contribution is -2.52. The van der Waals surface area contributed by atoms with Crippen molar-refractivity contribution in [2.24, 2.45) is 5.73 Å². The maximum atomic E-state index is 12.6. The lowest BCUT2D eigenvalue weighted by molar-refractivity contribution is -0.138. The molecule has 0 bridgehead atoms. The van der Waals surface area contributed by atoms with Gasteiger partial charge in [-0.1, -0.05) is 23.7 Å². The van der Waals surface area contributed by atoms with Crippen LogP contribution in [-0.2, 0) is 10.3 Å². The number of carbonyl (C=O) groups excluding carboxylic acids is 1. The third-order valence-electron chi connectivity index (χ3n) is 4.89. The first-order valence-electron chi connectivity index (χ1n) is 7.33. The van der Waals surface area contributed by atoms with Crippen LogP contribution in [0.3, 0.4) is 0 Å². The molecule has 2 aliphatic heterocycles. The highest BCUT2D eigenvalue weighted by Gasteiger charge is 2.59. The molecule has 3 N–H and O–H groups in total. The average molecular weight is 309 g/mol. The van der Waals surface area contributed by atoms with Crippen molar-refractivity contribution < 1.29 is 9.90 Å². The Labute approximate surface area is 129 Å². The van der Waals surface area contributed by atoms with E-state index in [9.17, 15) is 9.90 Å². The molecule has 1 amide bonds. The van der Waals surface area contributed by atoms with E-state index in [2.05, 4.69) is 0 Å². The summed E-state index contributed by atoms with van der Waals surface area (Å²) in [5.41, 5.74) is 5.68. The molecule has 114 valence electrons. The van der Waals surface area contributed by atoms with E-state index in [4.69, 9.17) is 17.3 Å². The molecule has 21 heavy (non-hydrogen) atoms. The monoisotopic (exact) mass is 308 g/mol. The number of carbonyl (C=O) groups is 1. The second-order valence-electron chi connectivity index (χ2n) is 6.77. The van der Waals surface area contributed by atoms with Crippen LogP contribution >= 0.6 is 11.6 Å². The number of aliphatic hydroxyl groups is 1.